The van der Waals surface area contributed by atoms with Crippen molar-refractivity contribution in [3.63, 3.8) is 0 Å². The molecule has 1 N–H and O–H groups in total. The zero-order valence-electron chi connectivity index (χ0n) is 14.5. The van der Waals surface area contributed by atoms with E-state index in [2.05, 4.69) is 5.32 Å². The van der Waals surface area contributed by atoms with E-state index in [1.165, 1.54) is 43.3 Å². The van der Waals surface area contributed by atoms with Crippen molar-refractivity contribution in [3.05, 3.63) is 48.0 Å². The first-order chi connectivity index (χ1) is 12.7. The number of benzene rings is 1. The van der Waals surface area contributed by atoms with Crippen LogP contribution in [-0.2, 0) is 19.4 Å². The van der Waals surface area contributed by atoms with Gasteiger partial charge in [-0.2, -0.15) is 0 Å². The van der Waals surface area contributed by atoms with Crippen LogP contribution < -0.4 is 5.32 Å². The molecule has 9 heteroatoms. The lowest BCUT2D eigenvalue weighted by atomic mass is 10.2. The molecule has 0 aliphatic carbocycles. The maximum Gasteiger partial charge on any atom is 0.375 e. The van der Waals surface area contributed by atoms with Crippen LogP contribution in [0.4, 0.5) is 4.39 Å². The van der Waals surface area contributed by atoms with Gasteiger partial charge in [0.05, 0.1) is 11.5 Å². The second kappa shape index (κ2) is 7.51. The molecule has 2 heterocycles. The van der Waals surface area contributed by atoms with Crippen LogP contribution in [0.3, 0.4) is 0 Å². The second-order valence-electron chi connectivity index (χ2n) is 6.33. The van der Waals surface area contributed by atoms with Gasteiger partial charge in [0.15, 0.2) is 15.9 Å². The van der Waals surface area contributed by atoms with Gasteiger partial charge in [0.25, 0.3) is 5.91 Å². The summed E-state index contributed by atoms with van der Waals surface area (Å²) < 4.78 is 46.3. The quantitative estimate of drug-likeness (QED) is 0.776. The number of furan rings is 1. The zero-order chi connectivity index (χ0) is 19.6. The molecule has 0 bridgehead atoms. The van der Waals surface area contributed by atoms with Crippen LogP contribution >= 0.6 is 0 Å². The van der Waals surface area contributed by atoms with E-state index in [0.717, 1.165) is 0 Å². The van der Waals surface area contributed by atoms with Crippen LogP contribution in [0.25, 0.3) is 11.3 Å². The van der Waals surface area contributed by atoms with Gasteiger partial charge >= 0.3 is 5.97 Å². The van der Waals surface area contributed by atoms with Crippen molar-refractivity contribution in [2.45, 2.75) is 25.5 Å². The third kappa shape index (κ3) is 4.73. The largest absolute Gasteiger partial charge is 0.449 e. The number of rotatable bonds is 5. The Morgan fingerprint density at radius 3 is 2.56 bits per heavy atom. The van der Waals surface area contributed by atoms with Crippen molar-refractivity contribution in [1.82, 2.24) is 5.32 Å². The molecule has 2 aromatic rings. The molecule has 0 saturated carbocycles. The van der Waals surface area contributed by atoms with Gasteiger partial charge in [0, 0.05) is 11.6 Å². The number of sulfone groups is 1. The summed E-state index contributed by atoms with van der Waals surface area (Å²) >= 11 is 0. The van der Waals surface area contributed by atoms with E-state index < -0.39 is 33.9 Å². The third-order valence-corrected chi connectivity index (χ3v) is 5.94. The van der Waals surface area contributed by atoms with E-state index >= 15 is 0 Å². The molecule has 1 aromatic heterocycles. The number of hydrogen-bond donors (Lipinski definition) is 1. The fraction of sp³-hybridized carbons (Fsp3) is 0.333. The molecule has 1 saturated heterocycles. The van der Waals surface area contributed by atoms with Gasteiger partial charge in [-0.25, -0.2) is 17.6 Å². The summed E-state index contributed by atoms with van der Waals surface area (Å²) in [4.78, 5) is 24.2. The number of esters is 1. The highest BCUT2D eigenvalue weighted by molar-refractivity contribution is 7.91. The van der Waals surface area contributed by atoms with Gasteiger partial charge < -0.3 is 14.5 Å². The lowest BCUT2D eigenvalue weighted by Gasteiger charge is -2.15. The minimum absolute atomic E-state index is 0.0324. The molecule has 1 amide bonds. The highest BCUT2D eigenvalue weighted by Crippen LogP contribution is 2.23. The molecule has 3 rings (SSSR count). The van der Waals surface area contributed by atoms with E-state index in [1.807, 2.05) is 0 Å². The molecule has 1 fully saturated rings. The molecule has 0 radical (unpaired) electrons. The van der Waals surface area contributed by atoms with Gasteiger partial charge in [0.1, 0.15) is 11.6 Å². The lowest BCUT2D eigenvalue weighted by molar-refractivity contribution is -0.129. The van der Waals surface area contributed by atoms with Crippen LogP contribution in [-0.4, -0.2) is 43.9 Å². The van der Waals surface area contributed by atoms with E-state index in [9.17, 15) is 22.4 Å². The number of halogens is 1. The van der Waals surface area contributed by atoms with Crippen molar-refractivity contribution in [2.24, 2.45) is 0 Å². The van der Waals surface area contributed by atoms with Gasteiger partial charge in [-0.3, -0.25) is 4.79 Å². The van der Waals surface area contributed by atoms with Crippen LogP contribution in [0.2, 0.25) is 0 Å². The summed E-state index contributed by atoms with van der Waals surface area (Å²) in [7, 11) is -3.12. The molecule has 1 aromatic carbocycles. The fourth-order valence-electron chi connectivity index (χ4n) is 2.72. The van der Waals surface area contributed by atoms with E-state index in [0.29, 0.717) is 17.7 Å². The summed E-state index contributed by atoms with van der Waals surface area (Å²) in [6.45, 7) is 1.39. The van der Waals surface area contributed by atoms with Gasteiger partial charge in [-0.1, -0.05) is 0 Å². The van der Waals surface area contributed by atoms with E-state index in [-0.39, 0.29) is 23.1 Å². The Morgan fingerprint density at radius 1 is 1.22 bits per heavy atom. The predicted molar refractivity (Wildman–Crippen MR) is 94.2 cm³/mol. The number of hydrogen-bond acceptors (Lipinski definition) is 6. The maximum atomic E-state index is 13.0. The highest BCUT2D eigenvalue weighted by atomic mass is 32.2. The van der Waals surface area contributed by atoms with Gasteiger partial charge in [-0.15, -0.1) is 0 Å². The summed E-state index contributed by atoms with van der Waals surface area (Å²) in [5, 5.41) is 2.57. The van der Waals surface area contributed by atoms with Crippen molar-refractivity contribution < 1.29 is 31.6 Å². The minimum Gasteiger partial charge on any atom is -0.449 e. The van der Waals surface area contributed by atoms with Crippen LogP contribution in [0, 0.1) is 5.82 Å². The standard InChI is InChI=1S/C18H18FNO6S/c1-11(17(21)20-14-8-9-27(23,24)10-14)25-18(22)16-7-6-15(26-16)12-2-4-13(19)5-3-12/h2-7,11,14H,8-10H2,1H3,(H,20,21)/t11-,14+/m1/s1. The van der Waals surface area contributed by atoms with Crippen molar-refractivity contribution in [3.8, 4) is 11.3 Å². The SMILES string of the molecule is C[C@@H](OC(=O)c1ccc(-c2ccc(F)cc2)o1)C(=O)N[C@H]1CCS(=O)(=O)C1. The smallest absolute Gasteiger partial charge is 0.375 e. The van der Waals surface area contributed by atoms with E-state index in [4.69, 9.17) is 9.15 Å². The summed E-state index contributed by atoms with van der Waals surface area (Å²) in [6, 6.07) is 8.02. The Balaban J connectivity index is 1.58. The fourth-order valence-corrected chi connectivity index (χ4v) is 4.39. The zero-order valence-corrected chi connectivity index (χ0v) is 15.3. The van der Waals surface area contributed by atoms with Crippen molar-refractivity contribution in [1.29, 1.82) is 0 Å². The average molecular weight is 395 g/mol. The maximum absolute atomic E-state index is 13.0. The average Bonchev–Trinajstić information content (AvgIpc) is 3.22. The van der Waals surface area contributed by atoms with E-state index in [1.54, 1.807) is 0 Å². The lowest BCUT2D eigenvalue weighted by Crippen LogP contribution is -2.42. The molecular formula is C18H18FNO6S. The summed E-state index contributed by atoms with van der Waals surface area (Å²) in [6.07, 6.45) is -0.770. The monoisotopic (exact) mass is 395 g/mol. The number of carbonyl (C=O) groups excluding carboxylic acids is 2. The Kier molecular flexibility index (Phi) is 5.31. The molecule has 2 atom stereocenters. The normalized spacial score (nSPS) is 19.4. The molecule has 27 heavy (non-hydrogen) atoms. The molecule has 1 aliphatic rings. The van der Waals surface area contributed by atoms with Crippen molar-refractivity contribution in [2.75, 3.05) is 11.5 Å². The Bertz CT molecular complexity index is 950. The van der Waals surface area contributed by atoms with Gasteiger partial charge in [0.2, 0.25) is 5.76 Å². The van der Waals surface area contributed by atoms with Crippen LogP contribution in [0.1, 0.15) is 23.9 Å². The highest BCUT2D eigenvalue weighted by Gasteiger charge is 2.31. The van der Waals surface area contributed by atoms with Crippen LogP contribution in [0.15, 0.2) is 40.8 Å². The molecule has 1 aliphatic heterocycles. The first kappa shape index (κ1) is 19.1. The predicted octanol–water partition coefficient (Wildman–Crippen LogP) is 1.93. The molecule has 0 spiro atoms. The molecule has 7 nitrogen and oxygen atoms in total. The second-order valence-corrected chi connectivity index (χ2v) is 8.56. The topological polar surface area (TPSA) is 103 Å². The summed E-state index contributed by atoms with van der Waals surface area (Å²) in [5.74, 6) is -1.61. The Labute approximate surface area is 155 Å². The summed E-state index contributed by atoms with van der Waals surface area (Å²) in [5.41, 5.74) is 0.587. The number of nitrogens with one attached hydrogen (secondary N) is 1. The van der Waals surface area contributed by atoms with Crippen LogP contribution in [0.5, 0.6) is 0 Å². The Hall–Kier alpha value is -2.68. The third-order valence-electron chi connectivity index (χ3n) is 4.17. The minimum atomic E-state index is -3.12. The van der Waals surface area contributed by atoms with Gasteiger partial charge in [-0.05, 0) is 49.7 Å². The number of amides is 1. The molecule has 144 valence electrons. The number of carbonyl (C=O) groups is 2. The first-order valence-corrected chi connectivity index (χ1v) is 10.1. The number of ether oxygens (including phenoxy) is 1. The Morgan fingerprint density at radius 2 is 1.93 bits per heavy atom. The van der Waals surface area contributed by atoms with Crippen molar-refractivity contribution >= 4 is 21.7 Å². The first-order valence-electron chi connectivity index (χ1n) is 8.31. The molecule has 0 unspecified atom stereocenters. The molecular weight excluding hydrogens is 377 g/mol.